The number of ether oxygens (including phenoxy) is 5. The van der Waals surface area contributed by atoms with E-state index in [-0.39, 0.29) is 24.3 Å². The lowest BCUT2D eigenvalue weighted by Crippen LogP contribution is -2.16. The number of nitrogens with zero attached hydrogens (tertiary/aromatic N) is 1. The Labute approximate surface area is 224 Å². The molecule has 3 aromatic rings. The van der Waals surface area contributed by atoms with E-state index >= 15 is 4.39 Å². The molecule has 0 radical (unpaired) electrons. The molecule has 0 amide bonds. The van der Waals surface area contributed by atoms with Crippen LogP contribution in [0, 0.1) is 17.1 Å². The summed E-state index contributed by atoms with van der Waals surface area (Å²) in [6.07, 6.45) is 1.25. The van der Waals surface area contributed by atoms with Crippen molar-refractivity contribution >= 4 is 5.97 Å². The summed E-state index contributed by atoms with van der Waals surface area (Å²) in [7, 11) is 0. The second kappa shape index (κ2) is 10.5. The number of nitriles is 1. The molecule has 1 aliphatic carbocycles. The Bertz CT molecular complexity index is 1460. The van der Waals surface area contributed by atoms with E-state index in [2.05, 4.69) is 6.07 Å². The number of halogens is 1. The highest BCUT2D eigenvalue weighted by atomic mass is 19.1. The zero-order valence-electron chi connectivity index (χ0n) is 21.0. The van der Waals surface area contributed by atoms with Gasteiger partial charge in [0.25, 0.3) is 0 Å². The van der Waals surface area contributed by atoms with Gasteiger partial charge in [0.15, 0.2) is 0 Å². The molecule has 200 valence electrons. The van der Waals surface area contributed by atoms with Crippen LogP contribution in [0.3, 0.4) is 0 Å². The van der Waals surface area contributed by atoms with Crippen LogP contribution in [0.4, 0.5) is 4.39 Å². The number of fused-ring (bicyclic) bond motifs is 2. The molecular weight excluding hydrogens is 505 g/mol. The van der Waals surface area contributed by atoms with Gasteiger partial charge in [-0.15, -0.1) is 0 Å². The van der Waals surface area contributed by atoms with E-state index in [1.807, 2.05) is 6.07 Å². The monoisotopic (exact) mass is 531 g/mol. The van der Waals surface area contributed by atoms with Gasteiger partial charge in [-0.3, -0.25) is 4.79 Å². The highest BCUT2D eigenvalue weighted by Crippen LogP contribution is 2.44. The highest BCUT2D eigenvalue weighted by Gasteiger charge is 2.32. The predicted octanol–water partition coefficient (Wildman–Crippen LogP) is 5.67. The van der Waals surface area contributed by atoms with E-state index in [0.717, 1.165) is 17.5 Å². The van der Waals surface area contributed by atoms with Gasteiger partial charge in [-0.2, -0.15) is 5.26 Å². The van der Waals surface area contributed by atoms with Crippen LogP contribution in [0.2, 0.25) is 0 Å². The van der Waals surface area contributed by atoms with Gasteiger partial charge < -0.3 is 28.8 Å². The number of hydrogen-bond acceptors (Lipinski definition) is 7. The van der Waals surface area contributed by atoms with Gasteiger partial charge in [-0.1, -0.05) is 6.07 Å². The minimum Gasteiger partial charge on any atom is -0.492 e. The maximum atomic E-state index is 15.1. The fraction of sp³-hybridized carbons (Fsp3) is 0.333. The van der Waals surface area contributed by atoms with E-state index in [0.29, 0.717) is 72.5 Å². The van der Waals surface area contributed by atoms with Gasteiger partial charge in [0, 0.05) is 41.2 Å². The molecule has 3 aliphatic rings. The third-order valence-corrected chi connectivity index (χ3v) is 7.29. The lowest BCUT2D eigenvalue weighted by Gasteiger charge is -2.18. The number of hydrogen-bond donors (Lipinski definition) is 1. The standard InChI is InChI=1S/C30H26FNO7/c31-24-6-8-25(37-19-2-1-17(14-32)27(12-19)39-21-9-10-35-16-21)23-5-7-26(30(23)24)38-20-3-4-22-18(11-29(33)34)15-36-28(22)13-20/h1-4,6,8,12-13,18,21,26H,5,7,9-11,15-16H2,(H,33,34)/t18-,21?,26-/m1/s1. The van der Waals surface area contributed by atoms with Gasteiger partial charge in [-0.25, -0.2) is 4.39 Å². The molecule has 1 saturated heterocycles. The van der Waals surface area contributed by atoms with Gasteiger partial charge in [0.05, 0.1) is 31.8 Å². The zero-order valence-corrected chi connectivity index (χ0v) is 21.0. The van der Waals surface area contributed by atoms with Crippen LogP contribution >= 0.6 is 0 Å². The van der Waals surface area contributed by atoms with Gasteiger partial charge in [-0.05, 0) is 43.2 Å². The molecule has 0 bridgehead atoms. The zero-order chi connectivity index (χ0) is 26.9. The first-order valence-electron chi connectivity index (χ1n) is 12.9. The molecule has 1 fully saturated rings. The minimum absolute atomic E-state index is 0.000946. The van der Waals surface area contributed by atoms with Crippen molar-refractivity contribution in [1.29, 1.82) is 5.26 Å². The first kappa shape index (κ1) is 25.0. The van der Waals surface area contributed by atoms with Crippen LogP contribution in [0.15, 0.2) is 48.5 Å². The summed E-state index contributed by atoms with van der Waals surface area (Å²) in [6.45, 7) is 1.41. The maximum Gasteiger partial charge on any atom is 0.304 e. The van der Waals surface area contributed by atoms with Crippen molar-refractivity contribution in [3.05, 3.63) is 76.6 Å². The average molecular weight is 532 g/mol. The molecule has 3 atom stereocenters. The van der Waals surface area contributed by atoms with Crippen LogP contribution < -0.4 is 18.9 Å². The molecule has 2 heterocycles. The molecule has 3 aromatic carbocycles. The van der Waals surface area contributed by atoms with Crippen molar-refractivity contribution in [3.63, 3.8) is 0 Å². The molecular formula is C30H26FNO7. The Kier molecular flexibility index (Phi) is 6.71. The molecule has 8 nitrogen and oxygen atoms in total. The highest BCUT2D eigenvalue weighted by molar-refractivity contribution is 5.69. The summed E-state index contributed by atoms with van der Waals surface area (Å²) < 4.78 is 44.5. The summed E-state index contributed by atoms with van der Waals surface area (Å²) in [4.78, 5) is 11.1. The molecule has 1 unspecified atom stereocenters. The topological polar surface area (TPSA) is 107 Å². The normalized spacial score (nSPS) is 21.0. The summed E-state index contributed by atoms with van der Waals surface area (Å²) in [6, 6.07) is 15.5. The minimum atomic E-state index is -0.874. The molecule has 2 aliphatic heterocycles. The SMILES string of the molecule is N#Cc1ccc(Oc2ccc(F)c3c2CC[C@H]3Oc2ccc3c(c2)OC[C@H]3CC(=O)O)cc1OC1CCOC1. The predicted molar refractivity (Wildman–Crippen MR) is 136 cm³/mol. The van der Waals surface area contributed by atoms with Crippen LogP contribution in [-0.4, -0.2) is 37.0 Å². The summed E-state index contributed by atoms with van der Waals surface area (Å²) in [5.41, 5.74) is 2.42. The summed E-state index contributed by atoms with van der Waals surface area (Å²) in [5, 5.41) is 18.6. The fourth-order valence-electron chi connectivity index (χ4n) is 5.40. The van der Waals surface area contributed by atoms with Gasteiger partial charge in [0.2, 0.25) is 0 Å². The van der Waals surface area contributed by atoms with Gasteiger partial charge >= 0.3 is 5.97 Å². The molecule has 0 saturated carbocycles. The summed E-state index contributed by atoms with van der Waals surface area (Å²) >= 11 is 0. The Hall–Kier alpha value is -4.29. The van der Waals surface area contributed by atoms with Gasteiger partial charge in [0.1, 0.15) is 52.8 Å². The average Bonchev–Trinajstić information content (AvgIpc) is 3.67. The summed E-state index contributed by atoms with van der Waals surface area (Å²) in [5.74, 6) is 1.10. The second-order valence-electron chi connectivity index (χ2n) is 9.86. The largest absolute Gasteiger partial charge is 0.492 e. The van der Waals surface area contributed by atoms with Crippen LogP contribution in [-0.2, 0) is 16.0 Å². The molecule has 39 heavy (non-hydrogen) atoms. The first-order valence-corrected chi connectivity index (χ1v) is 12.9. The lowest BCUT2D eigenvalue weighted by molar-refractivity contribution is -0.137. The van der Waals surface area contributed by atoms with Crippen molar-refractivity contribution in [3.8, 4) is 34.8 Å². The molecule has 6 rings (SSSR count). The van der Waals surface area contributed by atoms with E-state index in [1.165, 1.54) is 6.07 Å². The maximum absolute atomic E-state index is 15.1. The Morgan fingerprint density at radius 1 is 1.05 bits per heavy atom. The van der Waals surface area contributed by atoms with Crippen molar-refractivity contribution < 1.29 is 38.0 Å². The van der Waals surface area contributed by atoms with Crippen molar-refractivity contribution in [2.75, 3.05) is 19.8 Å². The van der Waals surface area contributed by atoms with Crippen molar-refractivity contribution in [1.82, 2.24) is 0 Å². The van der Waals surface area contributed by atoms with Crippen LogP contribution in [0.5, 0.6) is 28.7 Å². The van der Waals surface area contributed by atoms with Crippen molar-refractivity contribution in [2.24, 2.45) is 0 Å². The Morgan fingerprint density at radius 3 is 2.72 bits per heavy atom. The molecule has 0 spiro atoms. The lowest BCUT2D eigenvalue weighted by atomic mass is 9.98. The third-order valence-electron chi connectivity index (χ3n) is 7.29. The number of benzene rings is 3. The number of carbonyl (C=O) groups is 1. The first-order chi connectivity index (χ1) is 19.0. The Balaban J connectivity index is 1.21. The molecule has 1 N–H and O–H groups in total. The van der Waals surface area contributed by atoms with E-state index in [9.17, 15) is 10.1 Å². The molecule has 0 aromatic heterocycles. The van der Waals surface area contributed by atoms with Crippen LogP contribution in [0.1, 0.15) is 53.5 Å². The molecule has 9 heteroatoms. The number of rotatable bonds is 8. The smallest absolute Gasteiger partial charge is 0.304 e. The number of aliphatic carboxylic acids is 1. The number of carboxylic acids is 1. The third kappa shape index (κ3) is 5.08. The fourth-order valence-corrected chi connectivity index (χ4v) is 5.40. The van der Waals surface area contributed by atoms with Crippen molar-refractivity contribution in [2.45, 2.75) is 43.8 Å². The van der Waals surface area contributed by atoms with Crippen LogP contribution in [0.25, 0.3) is 0 Å². The van der Waals surface area contributed by atoms with E-state index in [1.54, 1.807) is 36.4 Å². The van der Waals surface area contributed by atoms with E-state index < -0.39 is 12.1 Å². The number of carboxylic acid groups (broad SMARTS) is 1. The Morgan fingerprint density at radius 2 is 1.92 bits per heavy atom. The van der Waals surface area contributed by atoms with E-state index in [4.69, 9.17) is 28.8 Å². The second-order valence-corrected chi connectivity index (χ2v) is 9.86. The quantitative estimate of drug-likeness (QED) is 0.396.